The van der Waals surface area contributed by atoms with Crippen molar-refractivity contribution >= 4 is 37.4 Å². The Bertz CT molecular complexity index is 1320. The molecular weight excluding hydrogens is 458 g/mol. The standard InChI is InChI=1S/C28H26B2N6O/c1-21-13-17-23(18-14-21)27-31-29(35(33-27)25-9-5-3-6-10-25)37-30-32-28(24-19-15-22(2)16-20-24)34-36(30)26-11-7-4-8-12-26/h3-20H,1-2H3,(H,31,33)(H,32,34). The van der Waals surface area contributed by atoms with Gasteiger partial charge >= 0.3 is 14.4 Å². The van der Waals surface area contributed by atoms with Gasteiger partial charge in [0.05, 0.1) is 0 Å². The smallest absolute Gasteiger partial charge is 0.419 e. The predicted octanol–water partition coefficient (Wildman–Crippen LogP) is 4.53. The van der Waals surface area contributed by atoms with Crippen LogP contribution in [0.1, 0.15) is 22.3 Å². The van der Waals surface area contributed by atoms with Crippen LogP contribution in [-0.2, 0) is 4.57 Å². The summed E-state index contributed by atoms with van der Waals surface area (Å²) in [6.45, 7) is 4.15. The molecule has 37 heavy (non-hydrogen) atoms. The Hall–Kier alpha value is -4.49. The predicted molar refractivity (Wildman–Crippen MR) is 152 cm³/mol. The number of nitrogens with zero attached hydrogens (tertiary/aromatic N) is 4. The van der Waals surface area contributed by atoms with Crippen LogP contribution in [0.3, 0.4) is 0 Å². The Balaban J connectivity index is 1.35. The van der Waals surface area contributed by atoms with Crippen molar-refractivity contribution in [3.8, 4) is 0 Å². The number of hydrazine groups is 2. The van der Waals surface area contributed by atoms with Crippen LogP contribution < -0.4 is 20.7 Å². The van der Waals surface area contributed by atoms with E-state index >= 15 is 0 Å². The molecule has 6 rings (SSSR count). The average molecular weight is 484 g/mol. The van der Waals surface area contributed by atoms with Gasteiger partial charge in [0.2, 0.25) is 0 Å². The molecule has 2 N–H and O–H groups in total. The van der Waals surface area contributed by atoms with Crippen LogP contribution in [0, 0.1) is 13.8 Å². The fourth-order valence-electron chi connectivity index (χ4n) is 4.29. The highest BCUT2D eigenvalue weighted by Gasteiger charge is 2.44. The lowest BCUT2D eigenvalue weighted by molar-refractivity contribution is 0.569. The van der Waals surface area contributed by atoms with E-state index in [9.17, 15) is 0 Å². The van der Waals surface area contributed by atoms with Crippen LogP contribution in [0.4, 0.5) is 11.4 Å². The fourth-order valence-corrected chi connectivity index (χ4v) is 4.29. The first-order chi connectivity index (χ1) is 18.1. The minimum absolute atomic E-state index is 0.641. The maximum Gasteiger partial charge on any atom is 0.576 e. The zero-order chi connectivity index (χ0) is 25.2. The molecule has 0 fully saturated rings. The summed E-state index contributed by atoms with van der Waals surface area (Å²) in [6, 6.07) is 36.7. The molecule has 0 atom stereocenters. The fraction of sp³-hybridized carbons (Fsp3) is 0.0714. The first kappa shape index (κ1) is 22.9. The Kier molecular flexibility index (Phi) is 6.12. The number of hydrogen-bond donors (Lipinski definition) is 2. The third-order valence-corrected chi connectivity index (χ3v) is 6.34. The van der Waals surface area contributed by atoms with E-state index < -0.39 is 14.4 Å². The maximum absolute atomic E-state index is 6.61. The Morgan fingerprint density at radius 2 is 0.919 bits per heavy atom. The number of rotatable bonds is 6. The van der Waals surface area contributed by atoms with Crippen molar-refractivity contribution < 1.29 is 4.57 Å². The van der Waals surface area contributed by atoms with E-state index in [2.05, 4.69) is 73.2 Å². The van der Waals surface area contributed by atoms with E-state index in [1.165, 1.54) is 11.1 Å². The normalized spacial score (nSPS) is 14.9. The quantitative estimate of drug-likeness (QED) is 0.394. The van der Waals surface area contributed by atoms with Crippen LogP contribution in [-0.4, -0.2) is 26.0 Å². The van der Waals surface area contributed by atoms with Crippen LogP contribution >= 0.6 is 0 Å². The molecule has 0 saturated carbocycles. The van der Waals surface area contributed by atoms with Gasteiger partial charge in [-0.2, -0.15) is 0 Å². The Labute approximate surface area is 217 Å². The zero-order valence-electron chi connectivity index (χ0n) is 20.7. The second-order valence-electron chi connectivity index (χ2n) is 9.11. The van der Waals surface area contributed by atoms with Crippen molar-refractivity contribution in [3.63, 3.8) is 0 Å². The van der Waals surface area contributed by atoms with Gasteiger partial charge in [-0.25, -0.2) is 0 Å². The molecule has 180 valence electrons. The lowest BCUT2D eigenvalue weighted by Crippen LogP contribution is -2.53. The summed E-state index contributed by atoms with van der Waals surface area (Å²) in [5.74, 6) is 1.49. The van der Waals surface area contributed by atoms with Crippen LogP contribution in [0.2, 0.25) is 0 Å². The molecule has 4 aromatic rings. The number of benzene rings is 4. The molecule has 0 aliphatic carbocycles. The van der Waals surface area contributed by atoms with Crippen molar-refractivity contribution in [2.75, 3.05) is 9.84 Å². The van der Waals surface area contributed by atoms with Crippen LogP contribution in [0.15, 0.2) is 119 Å². The minimum Gasteiger partial charge on any atom is -0.419 e. The van der Waals surface area contributed by atoms with E-state index in [1.807, 2.05) is 70.5 Å². The number of nitrogens with one attached hydrogen (secondary N) is 2. The molecule has 0 spiro atoms. The van der Waals surface area contributed by atoms with Crippen LogP contribution in [0.25, 0.3) is 0 Å². The van der Waals surface area contributed by atoms with E-state index in [-0.39, 0.29) is 0 Å². The monoisotopic (exact) mass is 484 g/mol. The number of para-hydroxylation sites is 2. The molecule has 2 aliphatic heterocycles. The van der Waals surface area contributed by atoms with Crippen molar-refractivity contribution in [2.45, 2.75) is 13.8 Å². The molecule has 0 saturated heterocycles. The average Bonchev–Trinajstić information content (AvgIpc) is 3.56. The van der Waals surface area contributed by atoms with Gasteiger partial charge in [0, 0.05) is 22.5 Å². The number of amidine groups is 2. The van der Waals surface area contributed by atoms with E-state index in [0.717, 1.165) is 34.2 Å². The Morgan fingerprint density at radius 1 is 0.541 bits per heavy atom. The van der Waals surface area contributed by atoms with Gasteiger partial charge in [0.1, 0.15) is 11.7 Å². The highest BCUT2D eigenvalue weighted by molar-refractivity contribution is 6.72. The van der Waals surface area contributed by atoms with Crippen molar-refractivity contribution in [1.82, 2.24) is 10.9 Å². The Morgan fingerprint density at radius 3 is 1.30 bits per heavy atom. The van der Waals surface area contributed by atoms with E-state index in [4.69, 9.17) is 14.4 Å². The molecule has 7 nitrogen and oxygen atoms in total. The van der Waals surface area contributed by atoms with Crippen molar-refractivity contribution in [1.29, 1.82) is 0 Å². The van der Waals surface area contributed by atoms with E-state index in [0.29, 0.717) is 0 Å². The SMILES string of the molecule is Cc1ccc(C2=NB(OB3N=C(c4ccc(C)cc4)NN3c3ccccc3)N(c3ccccc3)N2)cc1. The molecule has 2 aliphatic rings. The molecule has 0 bridgehead atoms. The second-order valence-corrected chi connectivity index (χ2v) is 9.11. The molecule has 9 heteroatoms. The van der Waals surface area contributed by atoms with Gasteiger partial charge in [-0.1, -0.05) is 96.1 Å². The van der Waals surface area contributed by atoms with Gasteiger partial charge in [0.25, 0.3) is 0 Å². The van der Waals surface area contributed by atoms with E-state index in [1.54, 1.807) is 0 Å². The third-order valence-electron chi connectivity index (χ3n) is 6.34. The summed E-state index contributed by atoms with van der Waals surface area (Å²) >= 11 is 0. The molecule has 0 radical (unpaired) electrons. The summed E-state index contributed by atoms with van der Waals surface area (Å²) in [5, 5.41) is 0. The molecular formula is C28H26B2N6O. The number of hydrogen-bond acceptors (Lipinski definition) is 7. The van der Waals surface area contributed by atoms with Gasteiger partial charge in [-0.3, -0.25) is 30.5 Å². The number of aryl methyl sites for hydroxylation is 2. The molecule has 0 unspecified atom stereocenters. The zero-order valence-corrected chi connectivity index (χ0v) is 20.7. The summed E-state index contributed by atoms with van der Waals surface area (Å²) in [6.07, 6.45) is 0. The van der Waals surface area contributed by atoms with Gasteiger partial charge in [-0.05, 0) is 38.1 Å². The third kappa shape index (κ3) is 4.81. The molecule has 0 aromatic heterocycles. The van der Waals surface area contributed by atoms with Crippen molar-refractivity contribution in [2.24, 2.45) is 9.81 Å². The maximum atomic E-state index is 6.61. The summed E-state index contributed by atoms with van der Waals surface area (Å²) in [5.41, 5.74) is 13.1. The molecule has 2 heterocycles. The summed E-state index contributed by atoms with van der Waals surface area (Å²) in [4.78, 5) is 13.7. The van der Waals surface area contributed by atoms with Gasteiger partial charge in [-0.15, -0.1) is 0 Å². The summed E-state index contributed by atoms with van der Waals surface area (Å²) in [7, 11) is -1.28. The second kappa shape index (κ2) is 9.87. The van der Waals surface area contributed by atoms with Gasteiger partial charge < -0.3 is 4.57 Å². The lowest BCUT2D eigenvalue weighted by atomic mass is 9.91. The topological polar surface area (TPSA) is 64.5 Å². The first-order valence-electron chi connectivity index (χ1n) is 12.3. The molecule has 0 amide bonds. The highest BCUT2D eigenvalue weighted by atomic mass is 16.4. The summed E-state index contributed by atoms with van der Waals surface area (Å²) < 4.78 is 6.61. The largest absolute Gasteiger partial charge is 0.576 e. The van der Waals surface area contributed by atoms with Gasteiger partial charge in [0.15, 0.2) is 0 Å². The molecule has 4 aromatic carbocycles. The van der Waals surface area contributed by atoms with Crippen molar-refractivity contribution in [3.05, 3.63) is 131 Å². The highest BCUT2D eigenvalue weighted by Crippen LogP contribution is 2.24. The van der Waals surface area contributed by atoms with Crippen LogP contribution in [0.5, 0.6) is 0 Å². The minimum atomic E-state index is -0.641. The first-order valence-corrected chi connectivity index (χ1v) is 12.3. The number of anilines is 2. The lowest BCUT2D eigenvalue weighted by Gasteiger charge is -2.27.